The summed E-state index contributed by atoms with van der Waals surface area (Å²) in [5.74, 6) is -0.177. The maximum atomic E-state index is 12.5. The molecule has 0 spiro atoms. The molecule has 0 amide bonds. The lowest BCUT2D eigenvalue weighted by Crippen LogP contribution is -2.52. The van der Waals surface area contributed by atoms with Crippen LogP contribution in [0.1, 0.15) is 82.1 Å². The van der Waals surface area contributed by atoms with Crippen LogP contribution in [0.25, 0.3) is 0 Å². The molecule has 0 saturated carbocycles. The summed E-state index contributed by atoms with van der Waals surface area (Å²) in [4.78, 5) is 26.8. The highest BCUT2D eigenvalue weighted by Crippen LogP contribution is 2.29. The van der Waals surface area contributed by atoms with Crippen molar-refractivity contribution in [2.24, 2.45) is 11.3 Å². The Balaban J connectivity index is 4.70. The first-order valence-electron chi connectivity index (χ1n) is 8.96. The van der Waals surface area contributed by atoms with E-state index in [2.05, 4.69) is 46.6 Å². The zero-order valence-corrected chi connectivity index (χ0v) is 17.7. The molecule has 2 atom stereocenters. The van der Waals surface area contributed by atoms with E-state index >= 15 is 0 Å². The molecule has 0 aliphatic carbocycles. The van der Waals surface area contributed by atoms with Crippen molar-refractivity contribution >= 4 is 11.8 Å². The number of carbonyl (C=O) groups excluding carboxylic acids is 2. The Kier molecular flexibility index (Phi) is 7.69. The zero-order chi connectivity index (χ0) is 19.5. The highest BCUT2D eigenvalue weighted by atomic mass is 16.5. The van der Waals surface area contributed by atoms with Crippen molar-refractivity contribution < 1.29 is 14.3 Å². The average molecular weight is 342 g/mol. The Morgan fingerprint density at radius 1 is 0.958 bits per heavy atom. The molecule has 0 aliphatic heterocycles. The van der Waals surface area contributed by atoms with Crippen LogP contribution in [-0.4, -0.2) is 40.9 Å². The Bertz CT molecular complexity index is 441. The highest BCUT2D eigenvalue weighted by Gasteiger charge is 2.34. The minimum atomic E-state index is -0.541. The van der Waals surface area contributed by atoms with E-state index in [1.165, 1.54) is 0 Å². The summed E-state index contributed by atoms with van der Waals surface area (Å²) in [5, 5.41) is 0. The molecule has 0 aromatic carbocycles. The van der Waals surface area contributed by atoms with E-state index in [9.17, 15) is 9.59 Å². The van der Waals surface area contributed by atoms with Gasteiger partial charge in [-0.25, -0.2) is 0 Å². The molecule has 0 aliphatic rings. The van der Waals surface area contributed by atoms with E-state index in [1.54, 1.807) is 6.92 Å². The molecule has 0 saturated heterocycles. The van der Waals surface area contributed by atoms with Gasteiger partial charge in [-0.05, 0) is 75.8 Å². The van der Waals surface area contributed by atoms with Crippen molar-refractivity contribution in [1.82, 2.24) is 4.90 Å². The summed E-state index contributed by atoms with van der Waals surface area (Å²) in [7, 11) is 2.10. The number of ether oxygens (including phenoxy) is 1. The lowest BCUT2D eigenvalue weighted by molar-refractivity contribution is -0.158. The number of hydrogen-bond donors (Lipinski definition) is 0. The average Bonchev–Trinajstić information content (AvgIpc) is 2.34. The lowest BCUT2D eigenvalue weighted by Gasteiger charge is -2.45. The van der Waals surface area contributed by atoms with Gasteiger partial charge in [-0.2, -0.15) is 0 Å². The summed E-state index contributed by atoms with van der Waals surface area (Å²) in [5.41, 5.74) is -0.583. The summed E-state index contributed by atoms with van der Waals surface area (Å²) in [6.07, 6.45) is 0.674. The molecule has 2 unspecified atom stereocenters. The lowest BCUT2D eigenvalue weighted by atomic mass is 9.84. The van der Waals surface area contributed by atoms with Crippen LogP contribution >= 0.6 is 0 Å². The smallest absolute Gasteiger partial charge is 0.311 e. The first-order chi connectivity index (χ1) is 10.5. The monoisotopic (exact) mass is 341 g/mol. The van der Waals surface area contributed by atoms with E-state index in [4.69, 9.17) is 4.74 Å². The van der Waals surface area contributed by atoms with Gasteiger partial charge in [0.05, 0.1) is 5.41 Å². The molecule has 0 fully saturated rings. The summed E-state index contributed by atoms with van der Waals surface area (Å²) in [6, 6.07) is 0. The van der Waals surface area contributed by atoms with Gasteiger partial charge in [0, 0.05) is 23.4 Å². The van der Waals surface area contributed by atoms with Gasteiger partial charge in [0.2, 0.25) is 0 Å². The third-order valence-electron chi connectivity index (χ3n) is 4.68. The second-order valence-corrected chi connectivity index (χ2v) is 9.78. The van der Waals surface area contributed by atoms with Crippen LogP contribution in [-0.2, 0) is 14.3 Å². The maximum absolute atomic E-state index is 12.5. The summed E-state index contributed by atoms with van der Waals surface area (Å²) in [6.45, 7) is 20.1. The Hall–Kier alpha value is -0.900. The third-order valence-corrected chi connectivity index (χ3v) is 4.68. The molecule has 0 aromatic rings. The molecular formula is C20H39NO3. The van der Waals surface area contributed by atoms with Crippen LogP contribution in [0.15, 0.2) is 0 Å². The number of rotatable bonds is 7. The van der Waals surface area contributed by atoms with Crippen LogP contribution in [0.5, 0.6) is 0 Å². The van der Waals surface area contributed by atoms with Gasteiger partial charge in [0.25, 0.3) is 0 Å². The van der Waals surface area contributed by atoms with Crippen molar-refractivity contribution in [3.63, 3.8) is 0 Å². The predicted molar refractivity (Wildman–Crippen MR) is 100 cm³/mol. The Labute approximate surface area is 149 Å². The molecule has 142 valence electrons. The van der Waals surface area contributed by atoms with Crippen molar-refractivity contribution in [1.29, 1.82) is 0 Å². The molecule has 0 rings (SSSR count). The molecule has 0 N–H and O–H groups in total. The molecule has 0 radical (unpaired) electrons. The maximum Gasteiger partial charge on any atom is 0.311 e. The zero-order valence-electron chi connectivity index (χ0n) is 17.7. The second kappa shape index (κ2) is 7.99. The molecular weight excluding hydrogens is 302 g/mol. The first-order valence-corrected chi connectivity index (χ1v) is 8.96. The van der Waals surface area contributed by atoms with E-state index in [0.717, 1.165) is 6.42 Å². The normalized spacial score (nSPS) is 16.0. The summed E-state index contributed by atoms with van der Waals surface area (Å²) < 4.78 is 5.40. The van der Waals surface area contributed by atoms with Crippen molar-refractivity contribution in [2.75, 3.05) is 7.05 Å². The van der Waals surface area contributed by atoms with Crippen molar-refractivity contribution in [3.05, 3.63) is 0 Å². The minimum absolute atomic E-state index is 0.0435. The van der Waals surface area contributed by atoms with Crippen LogP contribution in [0.4, 0.5) is 0 Å². The molecule has 0 heterocycles. The van der Waals surface area contributed by atoms with Gasteiger partial charge in [-0.1, -0.05) is 6.92 Å². The van der Waals surface area contributed by atoms with Crippen LogP contribution in [0, 0.1) is 11.3 Å². The van der Waals surface area contributed by atoms with Crippen LogP contribution in [0.3, 0.4) is 0 Å². The number of esters is 1. The van der Waals surface area contributed by atoms with Gasteiger partial charge in [0.15, 0.2) is 0 Å². The SMILES string of the molecule is CC(CC(=O)C(C)CC(C)(C)N(C)C(C)(C)C)OC(=O)C(C)(C)C. The molecule has 4 heteroatoms. The van der Waals surface area contributed by atoms with Gasteiger partial charge in [-0.15, -0.1) is 0 Å². The fourth-order valence-corrected chi connectivity index (χ4v) is 2.79. The van der Waals surface area contributed by atoms with Crippen LogP contribution in [0.2, 0.25) is 0 Å². The number of Topliss-reactive ketones (excluding diaryl/α,β-unsaturated/α-hetero) is 1. The largest absolute Gasteiger partial charge is 0.462 e. The standard InChI is InChI=1S/C20H39NO3/c1-14(13-20(9,10)21(11)19(6,7)8)16(22)12-15(2)24-17(23)18(3,4)5/h14-15H,12-13H2,1-11H3. The topological polar surface area (TPSA) is 46.6 Å². The van der Waals surface area contributed by atoms with Crippen molar-refractivity contribution in [2.45, 2.75) is 99.3 Å². The number of nitrogens with zero attached hydrogens (tertiary/aromatic N) is 1. The first kappa shape index (κ1) is 23.1. The van der Waals surface area contributed by atoms with E-state index in [-0.39, 0.29) is 41.3 Å². The molecule has 4 nitrogen and oxygen atoms in total. The fraction of sp³-hybridized carbons (Fsp3) is 0.900. The molecule has 24 heavy (non-hydrogen) atoms. The van der Waals surface area contributed by atoms with Crippen molar-refractivity contribution in [3.8, 4) is 0 Å². The second-order valence-electron chi connectivity index (χ2n) is 9.78. The number of carbonyl (C=O) groups is 2. The van der Waals surface area contributed by atoms with Crippen LogP contribution < -0.4 is 0 Å². The highest BCUT2D eigenvalue weighted by molar-refractivity contribution is 5.82. The van der Waals surface area contributed by atoms with Gasteiger partial charge >= 0.3 is 5.97 Å². The van der Waals surface area contributed by atoms with Gasteiger partial charge in [-0.3, -0.25) is 14.5 Å². The Morgan fingerprint density at radius 3 is 1.79 bits per heavy atom. The molecule has 0 aromatic heterocycles. The van der Waals surface area contributed by atoms with E-state index < -0.39 is 5.41 Å². The fourth-order valence-electron chi connectivity index (χ4n) is 2.79. The van der Waals surface area contributed by atoms with E-state index in [1.807, 2.05) is 27.7 Å². The minimum Gasteiger partial charge on any atom is -0.462 e. The van der Waals surface area contributed by atoms with Gasteiger partial charge < -0.3 is 4.74 Å². The third kappa shape index (κ3) is 7.33. The number of hydrogen-bond acceptors (Lipinski definition) is 4. The number of ketones is 1. The quantitative estimate of drug-likeness (QED) is 0.641. The Morgan fingerprint density at radius 2 is 1.42 bits per heavy atom. The predicted octanol–water partition coefficient (Wildman–Crippen LogP) is 4.46. The van der Waals surface area contributed by atoms with E-state index in [0.29, 0.717) is 0 Å². The molecule has 0 bridgehead atoms. The summed E-state index contributed by atoms with van der Waals surface area (Å²) >= 11 is 0. The van der Waals surface area contributed by atoms with Gasteiger partial charge in [0.1, 0.15) is 11.9 Å².